The van der Waals surface area contributed by atoms with Crippen LogP contribution < -0.4 is 5.32 Å². The number of benzene rings is 1. The van der Waals surface area contributed by atoms with Crippen LogP contribution in [-0.2, 0) is 15.3 Å². The summed E-state index contributed by atoms with van der Waals surface area (Å²) in [5.41, 5.74) is 0.722. The van der Waals surface area contributed by atoms with Crippen molar-refractivity contribution in [2.45, 2.75) is 18.7 Å². The van der Waals surface area contributed by atoms with E-state index in [-0.39, 0.29) is 5.75 Å². The molecular weight excluding hydrogens is 293 g/mol. The zero-order chi connectivity index (χ0) is 14.4. The van der Waals surface area contributed by atoms with Crippen LogP contribution in [0.25, 0.3) is 0 Å². The average molecular weight is 306 g/mol. The molecule has 0 fully saturated rings. The van der Waals surface area contributed by atoms with Gasteiger partial charge in [0, 0.05) is 23.5 Å². The molecule has 1 aromatic rings. The summed E-state index contributed by atoms with van der Waals surface area (Å²) in [5, 5.41) is 11.5. The Labute approximate surface area is 119 Å². The molecule has 7 heteroatoms. The van der Waals surface area contributed by atoms with Crippen molar-refractivity contribution in [3.8, 4) is 0 Å². The molecule has 104 valence electrons. The maximum Gasteiger partial charge on any atom is 0.327 e. The second kappa shape index (κ2) is 7.35. The standard InChI is InChI=1S/C12H13ClFNO3S/c1-7(16)15-11(12(17)18)6-19-5-8-2-3-9(14)4-10(8)13/h2-4,11H,5-6H2,1H3,(H,15,16)(H,17,18). The van der Waals surface area contributed by atoms with Crippen molar-refractivity contribution in [3.05, 3.63) is 34.6 Å². The minimum Gasteiger partial charge on any atom is -0.480 e. The average Bonchev–Trinajstić information content (AvgIpc) is 2.29. The molecule has 1 amide bonds. The molecule has 0 bridgehead atoms. The number of hydrogen-bond acceptors (Lipinski definition) is 3. The van der Waals surface area contributed by atoms with Crippen LogP contribution in [0.3, 0.4) is 0 Å². The van der Waals surface area contributed by atoms with Gasteiger partial charge in [0.1, 0.15) is 11.9 Å². The highest BCUT2D eigenvalue weighted by Gasteiger charge is 2.18. The number of hydrogen-bond donors (Lipinski definition) is 2. The molecule has 4 nitrogen and oxygen atoms in total. The van der Waals surface area contributed by atoms with E-state index >= 15 is 0 Å². The predicted octanol–water partition coefficient (Wildman–Crippen LogP) is 2.30. The molecule has 0 aliphatic rings. The molecule has 2 N–H and O–H groups in total. The molecule has 1 unspecified atom stereocenters. The van der Waals surface area contributed by atoms with Gasteiger partial charge >= 0.3 is 5.97 Å². The summed E-state index contributed by atoms with van der Waals surface area (Å²) in [6.07, 6.45) is 0. The molecule has 1 rings (SSSR count). The Morgan fingerprint density at radius 3 is 2.74 bits per heavy atom. The number of rotatable bonds is 6. The topological polar surface area (TPSA) is 66.4 Å². The molecule has 0 aliphatic heterocycles. The van der Waals surface area contributed by atoms with Crippen molar-refractivity contribution in [1.82, 2.24) is 5.32 Å². The first-order valence-electron chi connectivity index (χ1n) is 5.41. The van der Waals surface area contributed by atoms with E-state index in [0.717, 1.165) is 5.56 Å². The minimum atomic E-state index is -1.09. The molecule has 1 aromatic carbocycles. The van der Waals surface area contributed by atoms with Crippen molar-refractivity contribution in [3.63, 3.8) is 0 Å². The zero-order valence-electron chi connectivity index (χ0n) is 10.2. The Balaban J connectivity index is 2.52. The summed E-state index contributed by atoms with van der Waals surface area (Å²) in [7, 11) is 0. The van der Waals surface area contributed by atoms with Gasteiger partial charge in [-0.2, -0.15) is 11.8 Å². The van der Waals surface area contributed by atoms with Gasteiger partial charge in [0.05, 0.1) is 0 Å². The van der Waals surface area contributed by atoms with Crippen LogP contribution in [-0.4, -0.2) is 28.8 Å². The molecule has 0 saturated heterocycles. The fraction of sp³-hybridized carbons (Fsp3) is 0.333. The Morgan fingerprint density at radius 1 is 1.53 bits per heavy atom. The van der Waals surface area contributed by atoms with Gasteiger partial charge < -0.3 is 10.4 Å². The zero-order valence-corrected chi connectivity index (χ0v) is 11.7. The molecule has 1 atom stereocenters. The van der Waals surface area contributed by atoms with Gasteiger partial charge in [-0.05, 0) is 17.7 Å². The predicted molar refractivity (Wildman–Crippen MR) is 72.8 cm³/mol. The number of carbonyl (C=O) groups excluding carboxylic acids is 1. The number of nitrogens with one attached hydrogen (secondary N) is 1. The number of carbonyl (C=O) groups is 2. The maximum absolute atomic E-state index is 12.8. The third-order valence-electron chi connectivity index (χ3n) is 2.23. The van der Waals surface area contributed by atoms with Crippen molar-refractivity contribution in [2.75, 3.05) is 5.75 Å². The lowest BCUT2D eigenvalue weighted by Gasteiger charge is -2.13. The lowest BCUT2D eigenvalue weighted by atomic mass is 10.2. The van der Waals surface area contributed by atoms with Crippen molar-refractivity contribution < 1.29 is 19.1 Å². The molecular formula is C12H13ClFNO3S. The first-order chi connectivity index (χ1) is 8.90. The quantitative estimate of drug-likeness (QED) is 0.846. The second-order valence-electron chi connectivity index (χ2n) is 3.84. The van der Waals surface area contributed by atoms with Gasteiger partial charge in [0.2, 0.25) is 5.91 Å². The third kappa shape index (κ3) is 5.48. The highest BCUT2D eigenvalue weighted by molar-refractivity contribution is 7.98. The van der Waals surface area contributed by atoms with Crippen molar-refractivity contribution >= 4 is 35.2 Å². The molecule has 0 radical (unpaired) electrons. The molecule has 0 heterocycles. The lowest BCUT2D eigenvalue weighted by molar-refractivity contribution is -0.140. The van der Waals surface area contributed by atoms with Crippen molar-refractivity contribution in [1.29, 1.82) is 0 Å². The summed E-state index contributed by atoms with van der Waals surface area (Å²) in [6.45, 7) is 1.26. The van der Waals surface area contributed by atoms with Crippen LogP contribution in [0.15, 0.2) is 18.2 Å². The Morgan fingerprint density at radius 2 is 2.21 bits per heavy atom. The van der Waals surface area contributed by atoms with E-state index in [9.17, 15) is 14.0 Å². The Hall–Kier alpha value is -1.27. The largest absolute Gasteiger partial charge is 0.480 e. The summed E-state index contributed by atoms with van der Waals surface area (Å²) in [5.74, 6) is -1.24. The van der Waals surface area contributed by atoms with Crippen LogP contribution in [0.4, 0.5) is 4.39 Å². The van der Waals surface area contributed by atoms with Gasteiger partial charge in [0.25, 0.3) is 0 Å². The fourth-order valence-electron chi connectivity index (χ4n) is 1.35. The first kappa shape index (κ1) is 15.8. The van der Waals surface area contributed by atoms with Crippen LogP contribution in [0.1, 0.15) is 12.5 Å². The Bertz CT molecular complexity index is 484. The van der Waals surface area contributed by atoms with E-state index in [2.05, 4.69) is 5.32 Å². The number of aliphatic carboxylic acids is 1. The smallest absolute Gasteiger partial charge is 0.327 e. The van der Waals surface area contributed by atoms with E-state index in [1.54, 1.807) is 6.07 Å². The number of amides is 1. The first-order valence-corrected chi connectivity index (χ1v) is 6.95. The number of carboxylic acid groups (broad SMARTS) is 1. The molecule has 0 saturated carbocycles. The van der Waals surface area contributed by atoms with Gasteiger partial charge in [-0.1, -0.05) is 17.7 Å². The van der Waals surface area contributed by atoms with Crippen LogP contribution >= 0.6 is 23.4 Å². The second-order valence-corrected chi connectivity index (χ2v) is 5.28. The van der Waals surface area contributed by atoms with Crippen LogP contribution in [0.2, 0.25) is 5.02 Å². The van der Waals surface area contributed by atoms with E-state index in [0.29, 0.717) is 10.8 Å². The van der Waals surface area contributed by atoms with E-state index < -0.39 is 23.7 Å². The third-order valence-corrected chi connectivity index (χ3v) is 3.67. The van der Waals surface area contributed by atoms with Gasteiger partial charge in [-0.3, -0.25) is 4.79 Å². The monoisotopic (exact) mass is 305 g/mol. The molecule has 0 spiro atoms. The summed E-state index contributed by atoms with van der Waals surface area (Å²) in [6, 6.07) is 3.12. The number of halogens is 2. The fourth-order valence-corrected chi connectivity index (χ4v) is 2.71. The van der Waals surface area contributed by atoms with Gasteiger partial charge in [-0.15, -0.1) is 0 Å². The molecule has 0 aliphatic carbocycles. The Kier molecular flexibility index (Phi) is 6.11. The summed E-state index contributed by atoms with van der Waals surface area (Å²) >= 11 is 7.15. The number of thioether (sulfide) groups is 1. The highest BCUT2D eigenvalue weighted by Crippen LogP contribution is 2.22. The summed E-state index contributed by atoms with van der Waals surface area (Å²) in [4.78, 5) is 21.7. The molecule has 19 heavy (non-hydrogen) atoms. The minimum absolute atomic E-state index is 0.211. The SMILES string of the molecule is CC(=O)NC(CSCc1ccc(F)cc1Cl)C(=O)O. The van der Waals surface area contributed by atoms with E-state index in [4.69, 9.17) is 16.7 Å². The van der Waals surface area contributed by atoms with Gasteiger partial charge in [-0.25, -0.2) is 9.18 Å². The van der Waals surface area contributed by atoms with Crippen LogP contribution in [0, 0.1) is 5.82 Å². The normalized spacial score (nSPS) is 11.9. The summed E-state index contributed by atoms with van der Waals surface area (Å²) < 4.78 is 12.8. The van der Waals surface area contributed by atoms with E-state index in [1.165, 1.54) is 30.8 Å². The van der Waals surface area contributed by atoms with E-state index in [1.807, 2.05) is 0 Å². The van der Waals surface area contributed by atoms with Crippen molar-refractivity contribution in [2.24, 2.45) is 0 Å². The highest BCUT2D eigenvalue weighted by atomic mass is 35.5. The lowest BCUT2D eigenvalue weighted by Crippen LogP contribution is -2.41. The maximum atomic E-state index is 12.8. The van der Waals surface area contributed by atoms with Crippen LogP contribution in [0.5, 0.6) is 0 Å². The number of carboxylic acids is 1. The van der Waals surface area contributed by atoms with Gasteiger partial charge in [0.15, 0.2) is 0 Å². The molecule has 0 aromatic heterocycles.